The van der Waals surface area contributed by atoms with E-state index in [1.165, 1.54) is 0 Å². The summed E-state index contributed by atoms with van der Waals surface area (Å²) >= 11 is 0. The molecular weight excluding hydrogens is 214 g/mol. The summed E-state index contributed by atoms with van der Waals surface area (Å²) in [6.07, 6.45) is 3.68. The van der Waals surface area contributed by atoms with E-state index in [9.17, 15) is 4.79 Å². The molecule has 1 atom stereocenters. The monoisotopic (exact) mass is 235 g/mol. The highest BCUT2D eigenvalue weighted by molar-refractivity contribution is 5.94. The number of pyridine rings is 1. The highest BCUT2D eigenvalue weighted by Crippen LogP contribution is 2.13. The first kappa shape index (κ1) is 13.5. The number of aromatic nitrogens is 1. The van der Waals surface area contributed by atoms with Gasteiger partial charge in [-0.1, -0.05) is 26.7 Å². The number of rotatable bonds is 5. The van der Waals surface area contributed by atoms with Crippen molar-refractivity contribution in [3.05, 3.63) is 23.9 Å². The molecule has 0 aliphatic carbocycles. The Labute approximate surface area is 103 Å². The summed E-state index contributed by atoms with van der Waals surface area (Å²) in [6.45, 7) is 6.32. The molecule has 1 heterocycles. The van der Waals surface area contributed by atoms with Crippen molar-refractivity contribution in [2.24, 2.45) is 5.92 Å². The summed E-state index contributed by atoms with van der Waals surface area (Å²) in [7, 11) is 0. The second-order valence-electron chi connectivity index (χ2n) is 4.31. The first-order valence-electron chi connectivity index (χ1n) is 6.10. The molecule has 0 aromatic carbocycles. The second kappa shape index (κ2) is 6.23. The number of nitrogens with one attached hydrogen (secondary N) is 1. The highest BCUT2D eigenvalue weighted by Gasteiger charge is 2.16. The molecule has 1 unspecified atom stereocenters. The summed E-state index contributed by atoms with van der Waals surface area (Å²) in [6, 6.07) is 3.44. The molecule has 0 saturated heterocycles. The lowest BCUT2D eigenvalue weighted by molar-refractivity contribution is 0.0925. The van der Waals surface area contributed by atoms with Gasteiger partial charge in [0.2, 0.25) is 0 Å². The van der Waals surface area contributed by atoms with E-state index in [4.69, 9.17) is 5.73 Å². The van der Waals surface area contributed by atoms with Gasteiger partial charge in [-0.3, -0.25) is 4.79 Å². The molecule has 17 heavy (non-hydrogen) atoms. The smallest absolute Gasteiger partial charge is 0.251 e. The Balaban J connectivity index is 2.66. The van der Waals surface area contributed by atoms with Crippen molar-refractivity contribution < 1.29 is 4.79 Å². The lowest BCUT2D eigenvalue weighted by Crippen LogP contribution is -2.37. The van der Waals surface area contributed by atoms with E-state index < -0.39 is 0 Å². The van der Waals surface area contributed by atoms with Crippen LogP contribution in [0.1, 0.15) is 44.0 Å². The first-order chi connectivity index (χ1) is 8.08. The van der Waals surface area contributed by atoms with E-state index in [1.807, 2.05) is 6.92 Å². The molecule has 0 saturated carbocycles. The SMILES string of the molecule is CCC(CC)C(C)NC(=O)c1ccnc(N)c1. The fraction of sp³-hybridized carbons (Fsp3) is 0.538. The molecule has 94 valence electrons. The minimum Gasteiger partial charge on any atom is -0.384 e. The van der Waals surface area contributed by atoms with Gasteiger partial charge in [-0.2, -0.15) is 0 Å². The van der Waals surface area contributed by atoms with Gasteiger partial charge in [0.15, 0.2) is 0 Å². The summed E-state index contributed by atoms with van der Waals surface area (Å²) in [4.78, 5) is 15.8. The predicted molar refractivity (Wildman–Crippen MR) is 69.6 cm³/mol. The molecule has 0 aliphatic rings. The number of nitrogens with zero attached hydrogens (tertiary/aromatic N) is 1. The topological polar surface area (TPSA) is 68.0 Å². The maximum atomic E-state index is 11.9. The van der Waals surface area contributed by atoms with E-state index in [0.717, 1.165) is 12.8 Å². The van der Waals surface area contributed by atoms with Crippen LogP contribution >= 0.6 is 0 Å². The zero-order valence-corrected chi connectivity index (χ0v) is 10.7. The van der Waals surface area contributed by atoms with Gasteiger partial charge in [-0.15, -0.1) is 0 Å². The molecule has 1 aromatic heterocycles. The van der Waals surface area contributed by atoms with Crippen molar-refractivity contribution in [2.75, 3.05) is 5.73 Å². The van der Waals surface area contributed by atoms with Crippen LogP contribution in [0.15, 0.2) is 18.3 Å². The van der Waals surface area contributed by atoms with Crippen LogP contribution in [-0.2, 0) is 0 Å². The number of carbonyl (C=O) groups is 1. The van der Waals surface area contributed by atoms with Gasteiger partial charge in [-0.05, 0) is 25.0 Å². The van der Waals surface area contributed by atoms with Crippen LogP contribution in [0.25, 0.3) is 0 Å². The average Bonchev–Trinajstić information content (AvgIpc) is 2.30. The van der Waals surface area contributed by atoms with Crippen LogP contribution in [0.2, 0.25) is 0 Å². The standard InChI is InChI=1S/C13H21N3O/c1-4-10(5-2)9(3)16-13(17)11-6-7-15-12(14)8-11/h6-10H,4-5H2,1-3H3,(H2,14,15)(H,16,17). The molecule has 1 amide bonds. The number of carbonyl (C=O) groups excluding carboxylic acids is 1. The van der Waals surface area contributed by atoms with Crippen LogP contribution < -0.4 is 11.1 Å². The number of nitrogen functional groups attached to an aromatic ring is 1. The van der Waals surface area contributed by atoms with Gasteiger partial charge in [0.05, 0.1) is 0 Å². The molecule has 4 nitrogen and oxygen atoms in total. The Kier molecular flexibility index (Phi) is 4.94. The molecule has 0 spiro atoms. The lowest BCUT2D eigenvalue weighted by Gasteiger charge is -2.22. The Morgan fingerprint density at radius 1 is 1.47 bits per heavy atom. The Bertz CT molecular complexity index is 375. The van der Waals surface area contributed by atoms with E-state index in [2.05, 4.69) is 24.1 Å². The molecule has 0 radical (unpaired) electrons. The lowest BCUT2D eigenvalue weighted by atomic mass is 9.95. The van der Waals surface area contributed by atoms with Crippen molar-refractivity contribution >= 4 is 11.7 Å². The number of hydrogen-bond acceptors (Lipinski definition) is 3. The van der Waals surface area contributed by atoms with Crippen LogP contribution in [0, 0.1) is 5.92 Å². The van der Waals surface area contributed by atoms with E-state index in [0.29, 0.717) is 17.3 Å². The van der Waals surface area contributed by atoms with Gasteiger partial charge >= 0.3 is 0 Å². The normalized spacial score (nSPS) is 12.5. The van der Waals surface area contributed by atoms with Crippen LogP contribution in [0.3, 0.4) is 0 Å². The summed E-state index contributed by atoms with van der Waals surface area (Å²) in [5, 5.41) is 3.00. The van der Waals surface area contributed by atoms with Crippen LogP contribution in [0.5, 0.6) is 0 Å². The third kappa shape index (κ3) is 3.73. The van der Waals surface area contributed by atoms with Crippen LogP contribution in [-0.4, -0.2) is 16.9 Å². The van der Waals surface area contributed by atoms with Crippen molar-refractivity contribution in [3.8, 4) is 0 Å². The van der Waals surface area contributed by atoms with E-state index in [-0.39, 0.29) is 11.9 Å². The fourth-order valence-corrected chi connectivity index (χ4v) is 1.99. The summed E-state index contributed by atoms with van der Waals surface area (Å²) < 4.78 is 0. The predicted octanol–water partition coefficient (Wildman–Crippen LogP) is 2.22. The number of amides is 1. The third-order valence-electron chi connectivity index (χ3n) is 3.16. The fourth-order valence-electron chi connectivity index (χ4n) is 1.99. The Hall–Kier alpha value is -1.58. The number of anilines is 1. The molecular formula is C13H21N3O. The number of nitrogens with two attached hydrogens (primary N) is 1. The van der Waals surface area contributed by atoms with Gasteiger partial charge in [-0.25, -0.2) is 4.98 Å². The molecule has 1 aromatic rings. The maximum absolute atomic E-state index is 11.9. The van der Waals surface area contributed by atoms with Crippen molar-refractivity contribution in [3.63, 3.8) is 0 Å². The zero-order chi connectivity index (χ0) is 12.8. The largest absolute Gasteiger partial charge is 0.384 e. The van der Waals surface area contributed by atoms with Crippen molar-refractivity contribution in [2.45, 2.75) is 39.7 Å². The Morgan fingerprint density at radius 2 is 2.12 bits per heavy atom. The minimum absolute atomic E-state index is 0.0847. The summed E-state index contributed by atoms with van der Waals surface area (Å²) in [5.74, 6) is 0.796. The molecule has 4 heteroatoms. The summed E-state index contributed by atoms with van der Waals surface area (Å²) in [5.41, 5.74) is 6.11. The van der Waals surface area contributed by atoms with Gasteiger partial charge in [0.1, 0.15) is 5.82 Å². The molecule has 0 bridgehead atoms. The molecule has 0 fully saturated rings. The average molecular weight is 235 g/mol. The first-order valence-corrected chi connectivity index (χ1v) is 6.10. The molecule has 1 rings (SSSR count). The quantitative estimate of drug-likeness (QED) is 0.822. The maximum Gasteiger partial charge on any atom is 0.251 e. The highest BCUT2D eigenvalue weighted by atomic mass is 16.1. The van der Waals surface area contributed by atoms with Gasteiger partial charge < -0.3 is 11.1 Å². The minimum atomic E-state index is -0.0847. The van der Waals surface area contributed by atoms with Gasteiger partial charge in [0.25, 0.3) is 5.91 Å². The van der Waals surface area contributed by atoms with Crippen molar-refractivity contribution in [1.29, 1.82) is 0 Å². The third-order valence-corrected chi connectivity index (χ3v) is 3.16. The Morgan fingerprint density at radius 3 is 2.65 bits per heavy atom. The van der Waals surface area contributed by atoms with Gasteiger partial charge in [0, 0.05) is 17.8 Å². The molecule has 3 N–H and O–H groups in total. The second-order valence-corrected chi connectivity index (χ2v) is 4.31. The zero-order valence-electron chi connectivity index (χ0n) is 10.7. The van der Waals surface area contributed by atoms with Crippen LogP contribution in [0.4, 0.5) is 5.82 Å². The number of hydrogen-bond donors (Lipinski definition) is 2. The van der Waals surface area contributed by atoms with Crippen molar-refractivity contribution in [1.82, 2.24) is 10.3 Å². The van der Waals surface area contributed by atoms with E-state index >= 15 is 0 Å². The molecule has 0 aliphatic heterocycles. The van der Waals surface area contributed by atoms with E-state index in [1.54, 1.807) is 18.3 Å².